The van der Waals surface area contributed by atoms with Crippen LogP contribution < -0.4 is 5.73 Å². The average molecular weight is 244 g/mol. The van der Waals surface area contributed by atoms with Gasteiger partial charge in [0, 0.05) is 6.20 Å². The van der Waals surface area contributed by atoms with E-state index in [-0.39, 0.29) is 11.9 Å². The van der Waals surface area contributed by atoms with Crippen LogP contribution in [-0.2, 0) is 0 Å². The van der Waals surface area contributed by atoms with Crippen LogP contribution in [-0.4, -0.2) is 4.98 Å². The molecule has 0 amide bonds. The third-order valence-corrected chi connectivity index (χ3v) is 3.13. The van der Waals surface area contributed by atoms with Crippen molar-refractivity contribution in [2.24, 2.45) is 5.73 Å². The smallest absolute Gasteiger partial charge is 0.123 e. The van der Waals surface area contributed by atoms with Crippen LogP contribution >= 0.6 is 0 Å². The van der Waals surface area contributed by atoms with E-state index in [0.717, 1.165) is 27.9 Å². The predicted molar refractivity (Wildman–Crippen MR) is 70.9 cm³/mol. The molecular weight excluding hydrogens is 227 g/mol. The molecule has 18 heavy (non-hydrogen) atoms. The lowest BCUT2D eigenvalue weighted by atomic mass is 9.96. The van der Waals surface area contributed by atoms with Crippen LogP contribution in [0.2, 0.25) is 0 Å². The molecule has 0 bridgehead atoms. The first-order valence-electron chi connectivity index (χ1n) is 5.94. The molecule has 1 atom stereocenters. The highest BCUT2D eigenvalue weighted by molar-refractivity contribution is 5.37. The number of hydrogen-bond donors (Lipinski definition) is 1. The Hall–Kier alpha value is -1.74. The molecule has 1 unspecified atom stereocenters. The van der Waals surface area contributed by atoms with Crippen LogP contribution in [0.1, 0.15) is 34.0 Å². The summed E-state index contributed by atoms with van der Waals surface area (Å²) in [6.45, 7) is 5.89. The summed E-state index contributed by atoms with van der Waals surface area (Å²) in [4.78, 5) is 4.38. The summed E-state index contributed by atoms with van der Waals surface area (Å²) in [5.41, 5.74) is 10.9. The number of aromatic nitrogens is 1. The highest BCUT2D eigenvalue weighted by Crippen LogP contribution is 2.24. The largest absolute Gasteiger partial charge is 0.319 e. The Morgan fingerprint density at radius 2 is 1.83 bits per heavy atom. The molecule has 1 aromatic heterocycles. The summed E-state index contributed by atoms with van der Waals surface area (Å²) >= 11 is 0. The molecule has 0 aliphatic carbocycles. The quantitative estimate of drug-likeness (QED) is 0.881. The molecule has 2 aromatic rings. The van der Waals surface area contributed by atoms with Crippen molar-refractivity contribution >= 4 is 0 Å². The number of hydrogen-bond acceptors (Lipinski definition) is 2. The molecule has 94 valence electrons. The fourth-order valence-corrected chi connectivity index (χ4v) is 2.15. The number of nitrogens with two attached hydrogens (primary N) is 1. The van der Waals surface area contributed by atoms with E-state index < -0.39 is 0 Å². The van der Waals surface area contributed by atoms with Crippen LogP contribution in [0.5, 0.6) is 0 Å². The van der Waals surface area contributed by atoms with E-state index in [1.807, 2.05) is 26.8 Å². The maximum atomic E-state index is 13.3. The third-order valence-electron chi connectivity index (χ3n) is 3.13. The van der Waals surface area contributed by atoms with Crippen LogP contribution in [0, 0.1) is 26.6 Å². The Bertz CT molecular complexity index is 579. The number of benzene rings is 1. The zero-order valence-electron chi connectivity index (χ0n) is 10.9. The van der Waals surface area contributed by atoms with E-state index >= 15 is 0 Å². The first-order valence-corrected chi connectivity index (χ1v) is 5.94. The van der Waals surface area contributed by atoms with E-state index in [1.165, 1.54) is 12.1 Å². The Morgan fingerprint density at radius 3 is 2.50 bits per heavy atom. The van der Waals surface area contributed by atoms with Crippen LogP contribution in [0.15, 0.2) is 30.5 Å². The second kappa shape index (κ2) is 4.86. The summed E-state index contributed by atoms with van der Waals surface area (Å²) in [5.74, 6) is -0.268. The first-order chi connectivity index (χ1) is 8.49. The van der Waals surface area contributed by atoms with Gasteiger partial charge in [0.2, 0.25) is 0 Å². The van der Waals surface area contributed by atoms with Gasteiger partial charge < -0.3 is 5.73 Å². The zero-order chi connectivity index (χ0) is 13.3. The Morgan fingerprint density at radius 1 is 1.11 bits per heavy atom. The molecule has 0 saturated carbocycles. The molecule has 0 fully saturated rings. The summed E-state index contributed by atoms with van der Waals surface area (Å²) in [7, 11) is 0. The second-order valence-electron chi connectivity index (χ2n) is 4.69. The van der Waals surface area contributed by atoms with Crippen molar-refractivity contribution in [1.82, 2.24) is 4.98 Å². The van der Waals surface area contributed by atoms with Crippen LogP contribution in [0.25, 0.3) is 0 Å². The summed E-state index contributed by atoms with van der Waals surface area (Å²) in [6.07, 6.45) is 1.79. The lowest BCUT2D eigenvalue weighted by Gasteiger charge is -2.16. The van der Waals surface area contributed by atoms with Gasteiger partial charge in [-0.3, -0.25) is 4.98 Å². The molecule has 0 radical (unpaired) electrons. The summed E-state index contributed by atoms with van der Waals surface area (Å²) < 4.78 is 13.3. The summed E-state index contributed by atoms with van der Waals surface area (Å²) in [6, 6.07) is 6.33. The van der Waals surface area contributed by atoms with E-state index in [0.29, 0.717) is 0 Å². The van der Waals surface area contributed by atoms with Crippen molar-refractivity contribution in [2.75, 3.05) is 0 Å². The Labute approximate surface area is 107 Å². The Kier molecular flexibility index (Phi) is 3.43. The minimum atomic E-state index is -0.388. The maximum absolute atomic E-state index is 13.3. The zero-order valence-corrected chi connectivity index (χ0v) is 10.9. The molecule has 1 heterocycles. The molecule has 0 saturated heterocycles. The highest BCUT2D eigenvalue weighted by atomic mass is 19.1. The van der Waals surface area contributed by atoms with Crippen molar-refractivity contribution < 1.29 is 4.39 Å². The molecule has 0 aliphatic heterocycles. The average Bonchev–Trinajstić information content (AvgIpc) is 2.31. The summed E-state index contributed by atoms with van der Waals surface area (Å²) in [5, 5.41) is 0. The number of halogens is 1. The third kappa shape index (κ3) is 2.41. The van der Waals surface area contributed by atoms with Gasteiger partial charge in [-0.2, -0.15) is 0 Å². The number of aryl methyl sites for hydroxylation is 3. The molecule has 2 N–H and O–H groups in total. The Balaban J connectivity index is 2.47. The minimum Gasteiger partial charge on any atom is -0.319 e. The van der Waals surface area contributed by atoms with Gasteiger partial charge in [0.1, 0.15) is 5.82 Å². The van der Waals surface area contributed by atoms with Crippen molar-refractivity contribution in [3.8, 4) is 0 Å². The van der Waals surface area contributed by atoms with Gasteiger partial charge in [-0.25, -0.2) is 4.39 Å². The fourth-order valence-electron chi connectivity index (χ4n) is 2.15. The van der Waals surface area contributed by atoms with Crippen molar-refractivity contribution in [1.29, 1.82) is 0 Å². The fraction of sp³-hybridized carbons (Fsp3) is 0.267. The first kappa shape index (κ1) is 12.7. The number of pyridine rings is 1. The normalized spacial score (nSPS) is 12.5. The van der Waals surface area contributed by atoms with Crippen LogP contribution in [0.3, 0.4) is 0 Å². The van der Waals surface area contributed by atoms with Gasteiger partial charge >= 0.3 is 0 Å². The van der Waals surface area contributed by atoms with E-state index in [4.69, 9.17) is 5.73 Å². The predicted octanol–water partition coefficient (Wildman–Crippen LogP) is 3.19. The molecule has 3 heteroatoms. The van der Waals surface area contributed by atoms with Gasteiger partial charge in [0.25, 0.3) is 0 Å². The molecule has 2 nitrogen and oxygen atoms in total. The number of nitrogens with zero attached hydrogens (tertiary/aromatic N) is 1. The van der Waals surface area contributed by atoms with Crippen molar-refractivity contribution in [2.45, 2.75) is 26.8 Å². The topological polar surface area (TPSA) is 38.9 Å². The van der Waals surface area contributed by atoms with E-state index in [2.05, 4.69) is 4.98 Å². The van der Waals surface area contributed by atoms with E-state index in [1.54, 1.807) is 12.3 Å². The van der Waals surface area contributed by atoms with E-state index in [9.17, 15) is 4.39 Å². The second-order valence-corrected chi connectivity index (χ2v) is 4.69. The molecule has 2 rings (SSSR count). The van der Waals surface area contributed by atoms with Crippen molar-refractivity contribution in [3.05, 3.63) is 64.2 Å². The molecule has 1 aromatic carbocycles. The lowest BCUT2D eigenvalue weighted by Crippen LogP contribution is -2.16. The lowest BCUT2D eigenvalue weighted by molar-refractivity contribution is 0.622. The molecule has 0 aliphatic rings. The van der Waals surface area contributed by atoms with Crippen LogP contribution in [0.4, 0.5) is 4.39 Å². The molecule has 0 spiro atoms. The highest BCUT2D eigenvalue weighted by Gasteiger charge is 2.15. The van der Waals surface area contributed by atoms with Crippen molar-refractivity contribution in [3.63, 3.8) is 0 Å². The number of rotatable bonds is 2. The maximum Gasteiger partial charge on any atom is 0.123 e. The van der Waals surface area contributed by atoms with Gasteiger partial charge in [0.05, 0.1) is 11.7 Å². The standard InChI is InChI=1S/C15H17FN2/c1-9-6-11(3)15(18-8-9)14(17)13-7-12(16)5-4-10(13)2/h4-8,14H,17H2,1-3H3. The van der Waals surface area contributed by atoms with Gasteiger partial charge in [-0.05, 0) is 55.2 Å². The van der Waals surface area contributed by atoms with Gasteiger partial charge in [0.15, 0.2) is 0 Å². The SMILES string of the molecule is Cc1cnc(C(N)c2cc(F)ccc2C)c(C)c1. The molecular formula is C15H17FN2. The monoisotopic (exact) mass is 244 g/mol. The van der Waals surface area contributed by atoms with Gasteiger partial charge in [-0.15, -0.1) is 0 Å². The van der Waals surface area contributed by atoms with Gasteiger partial charge in [-0.1, -0.05) is 12.1 Å². The minimum absolute atomic E-state index is 0.268.